The maximum atomic E-state index is 11.2. The summed E-state index contributed by atoms with van der Waals surface area (Å²) in [5.74, 6) is -0.667. The lowest BCUT2D eigenvalue weighted by molar-refractivity contribution is -0.123. The van der Waals surface area contributed by atoms with Crippen LogP contribution in [0.2, 0.25) is 0 Å². The molecular weight excluding hydrogens is 434 g/mol. The molecule has 0 aliphatic carbocycles. The van der Waals surface area contributed by atoms with Gasteiger partial charge in [-0.3, -0.25) is 14.9 Å². The van der Waals surface area contributed by atoms with Crippen LogP contribution in [-0.2, 0) is 9.59 Å². The van der Waals surface area contributed by atoms with Gasteiger partial charge in [-0.1, -0.05) is 154 Å². The lowest BCUT2D eigenvalue weighted by Crippen LogP contribution is -2.21. The summed E-state index contributed by atoms with van der Waals surface area (Å²) in [5.41, 5.74) is 1.21. The van der Waals surface area contributed by atoms with E-state index in [1.807, 2.05) is 18.2 Å². The van der Waals surface area contributed by atoms with Crippen LogP contribution in [-0.4, -0.2) is 23.5 Å². The Balaban J connectivity index is 0.000000543. The largest absolute Gasteiger partial charge is 0.396 e. The standard InChI is InChI=1S/C16H34.C10H7NO2.C5H12O/c1-3-5-7-9-11-13-15-16-14-12-10-8-6-4-2;12-9-6-8(10(13)11-9)7-4-2-1-3-5-7;1-2-3-4-5-6/h3-16H2,1-2H3;1-6H,(H,11,12,13);6H,2-5H2,1H3. The number of aliphatic hydroxyl groups excluding tert-OH is 1. The molecule has 0 bridgehead atoms. The number of unbranched alkanes of at least 4 members (excludes halogenated alkanes) is 15. The Hall–Kier alpha value is -1.94. The van der Waals surface area contributed by atoms with E-state index in [0.29, 0.717) is 12.2 Å². The molecule has 2 N–H and O–H groups in total. The van der Waals surface area contributed by atoms with Crippen LogP contribution in [0.5, 0.6) is 0 Å². The molecule has 200 valence electrons. The first-order valence-corrected chi connectivity index (χ1v) is 14.3. The van der Waals surface area contributed by atoms with Gasteiger partial charge in [-0.15, -0.1) is 0 Å². The van der Waals surface area contributed by atoms with Crippen LogP contribution in [0.15, 0.2) is 36.4 Å². The van der Waals surface area contributed by atoms with Crippen molar-refractivity contribution in [2.24, 2.45) is 0 Å². The van der Waals surface area contributed by atoms with Gasteiger partial charge in [0.1, 0.15) is 0 Å². The first kappa shape index (κ1) is 33.1. The smallest absolute Gasteiger partial charge is 0.258 e. The van der Waals surface area contributed by atoms with Gasteiger partial charge in [0.15, 0.2) is 0 Å². The lowest BCUT2D eigenvalue weighted by atomic mass is 10.0. The van der Waals surface area contributed by atoms with Gasteiger partial charge in [0.25, 0.3) is 11.8 Å². The molecule has 0 unspecified atom stereocenters. The molecule has 0 saturated carbocycles. The zero-order valence-corrected chi connectivity index (χ0v) is 23.0. The predicted molar refractivity (Wildman–Crippen MR) is 150 cm³/mol. The van der Waals surface area contributed by atoms with E-state index in [0.717, 1.165) is 18.4 Å². The molecule has 4 nitrogen and oxygen atoms in total. The van der Waals surface area contributed by atoms with Gasteiger partial charge in [0.2, 0.25) is 0 Å². The summed E-state index contributed by atoms with van der Waals surface area (Å²) in [7, 11) is 0. The lowest BCUT2D eigenvalue weighted by Gasteiger charge is -2.02. The molecule has 2 rings (SSSR count). The summed E-state index contributed by atoms with van der Waals surface area (Å²) in [5, 5.41) is 10.4. The second-order valence-electron chi connectivity index (χ2n) is 9.42. The minimum absolute atomic E-state index is 0.323. The number of nitrogens with one attached hydrogen (secondary N) is 1. The number of hydrogen-bond donors (Lipinski definition) is 2. The molecule has 0 saturated heterocycles. The van der Waals surface area contributed by atoms with Gasteiger partial charge in [-0.2, -0.15) is 0 Å². The molecule has 0 spiro atoms. The van der Waals surface area contributed by atoms with E-state index in [1.54, 1.807) is 12.1 Å². The third-order valence-corrected chi connectivity index (χ3v) is 6.06. The molecule has 2 amide bonds. The highest BCUT2D eigenvalue weighted by molar-refractivity contribution is 6.33. The minimum Gasteiger partial charge on any atom is -0.396 e. The fourth-order valence-corrected chi connectivity index (χ4v) is 3.87. The topological polar surface area (TPSA) is 66.4 Å². The van der Waals surface area contributed by atoms with Crippen LogP contribution >= 0.6 is 0 Å². The van der Waals surface area contributed by atoms with Crippen molar-refractivity contribution in [3.05, 3.63) is 42.0 Å². The van der Waals surface area contributed by atoms with E-state index in [-0.39, 0.29) is 11.8 Å². The van der Waals surface area contributed by atoms with Crippen molar-refractivity contribution in [2.75, 3.05) is 6.61 Å². The second kappa shape index (κ2) is 25.2. The van der Waals surface area contributed by atoms with Gasteiger partial charge < -0.3 is 5.11 Å². The second-order valence-corrected chi connectivity index (χ2v) is 9.42. The van der Waals surface area contributed by atoms with Crippen LogP contribution in [0.4, 0.5) is 0 Å². The third kappa shape index (κ3) is 20.0. The molecule has 1 aliphatic heterocycles. The summed E-state index contributed by atoms with van der Waals surface area (Å²) in [6.07, 6.45) is 25.1. The number of amides is 2. The zero-order valence-electron chi connectivity index (χ0n) is 23.0. The first-order valence-electron chi connectivity index (χ1n) is 14.3. The molecular formula is C31H53NO3. The van der Waals surface area contributed by atoms with Crippen molar-refractivity contribution in [3.8, 4) is 0 Å². The molecule has 0 aromatic heterocycles. The van der Waals surface area contributed by atoms with Crippen molar-refractivity contribution >= 4 is 17.4 Å². The molecule has 35 heavy (non-hydrogen) atoms. The van der Waals surface area contributed by atoms with Crippen LogP contribution < -0.4 is 5.32 Å². The van der Waals surface area contributed by atoms with Gasteiger partial charge in [0.05, 0.1) is 5.57 Å². The van der Waals surface area contributed by atoms with Crippen molar-refractivity contribution in [2.45, 2.75) is 130 Å². The van der Waals surface area contributed by atoms with Gasteiger partial charge >= 0.3 is 0 Å². The van der Waals surface area contributed by atoms with Gasteiger partial charge in [0, 0.05) is 12.7 Å². The average Bonchev–Trinajstić information content (AvgIpc) is 3.22. The molecule has 1 aromatic carbocycles. The average molecular weight is 488 g/mol. The van der Waals surface area contributed by atoms with E-state index in [4.69, 9.17) is 5.11 Å². The number of carbonyl (C=O) groups is 2. The van der Waals surface area contributed by atoms with E-state index in [2.05, 4.69) is 26.1 Å². The number of rotatable bonds is 17. The van der Waals surface area contributed by atoms with Crippen LogP contribution in [0.1, 0.15) is 135 Å². The van der Waals surface area contributed by atoms with Crippen molar-refractivity contribution in [1.82, 2.24) is 5.32 Å². The fraction of sp³-hybridized carbons (Fsp3) is 0.677. The first-order chi connectivity index (χ1) is 17.1. The summed E-state index contributed by atoms with van der Waals surface area (Å²) < 4.78 is 0. The molecule has 0 radical (unpaired) electrons. The van der Waals surface area contributed by atoms with Gasteiger partial charge in [-0.25, -0.2) is 0 Å². The molecule has 0 fully saturated rings. The normalized spacial score (nSPS) is 12.3. The minimum atomic E-state index is -0.344. The highest BCUT2D eigenvalue weighted by atomic mass is 16.3. The summed E-state index contributed by atoms with van der Waals surface area (Å²) in [6.45, 7) is 7.06. The highest BCUT2D eigenvalue weighted by Gasteiger charge is 2.21. The molecule has 1 aliphatic rings. The third-order valence-electron chi connectivity index (χ3n) is 6.06. The van der Waals surface area contributed by atoms with Gasteiger partial charge in [-0.05, 0) is 12.0 Å². The number of benzene rings is 1. The zero-order chi connectivity index (χ0) is 26.0. The number of hydrogen-bond acceptors (Lipinski definition) is 3. The summed E-state index contributed by atoms with van der Waals surface area (Å²) >= 11 is 0. The number of aliphatic hydroxyl groups is 1. The predicted octanol–water partition coefficient (Wildman–Crippen LogP) is 8.38. The Labute approximate surface area is 216 Å². The van der Waals surface area contributed by atoms with E-state index < -0.39 is 0 Å². The maximum Gasteiger partial charge on any atom is 0.258 e. The SMILES string of the molecule is CCCCCCCCCCCCCCCC.CCCCCO.O=C1C=C(c2ccccc2)C(=O)N1. The van der Waals surface area contributed by atoms with E-state index in [1.165, 1.54) is 102 Å². The quantitative estimate of drug-likeness (QED) is 0.171. The maximum absolute atomic E-state index is 11.2. The molecule has 1 heterocycles. The van der Waals surface area contributed by atoms with Crippen LogP contribution in [0.3, 0.4) is 0 Å². The Morgan fingerprint density at radius 2 is 1.00 bits per heavy atom. The molecule has 1 aromatic rings. The Morgan fingerprint density at radius 3 is 1.31 bits per heavy atom. The molecule has 4 heteroatoms. The Kier molecular flexibility index (Phi) is 23.8. The van der Waals surface area contributed by atoms with Crippen molar-refractivity contribution < 1.29 is 14.7 Å². The fourth-order valence-electron chi connectivity index (χ4n) is 3.87. The van der Waals surface area contributed by atoms with Crippen LogP contribution in [0.25, 0.3) is 5.57 Å². The van der Waals surface area contributed by atoms with Crippen molar-refractivity contribution in [3.63, 3.8) is 0 Å². The van der Waals surface area contributed by atoms with E-state index >= 15 is 0 Å². The molecule has 0 atom stereocenters. The Morgan fingerprint density at radius 1 is 0.600 bits per heavy atom. The Bertz CT molecular complexity index is 636. The summed E-state index contributed by atoms with van der Waals surface area (Å²) in [6, 6.07) is 9.10. The number of carbonyl (C=O) groups excluding carboxylic acids is 2. The summed E-state index contributed by atoms with van der Waals surface area (Å²) in [4.78, 5) is 22.0. The van der Waals surface area contributed by atoms with E-state index in [9.17, 15) is 9.59 Å². The monoisotopic (exact) mass is 487 g/mol. The highest BCUT2D eigenvalue weighted by Crippen LogP contribution is 2.17. The number of imide groups is 1. The van der Waals surface area contributed by atoms with Crippen LogP contribution in [0, 0.1) is 0 Å². The van der Waals surface area contributed by atoms with Crippen molar-refractivity contribution in [1.29, 1.82) is 0 Å².